The van der Waals surface area contributed by atoms with Gasteiger partial charge in [0, 0.05) is 36.7 Å². The molecule has 2 rings (SSSR count). The van der Waals surface area contributed by atoms with Gasteiger partial charge in [-0.25, -0.2) is 0 Å². The summed E-state index contributed by atoms with van der Waals surface area (Å²) in [6, 6.07) is 5.92. The number of aryl methyl sites for hydroxylation is 2. The molecule has 0 atom stereocenters. The van der Waals surface area contributed by atoms with Crippen LogP contribution in [0.4, 0.5) is 0 Å². The summed E-state index contributed by atoms with van der Waals surface area (Å²) in [5.74, 6) is -0.0265. The molecule has 0 saturated heterocycles. The lowest BCUT2D eigenvalue weighted by Crippen LogP contribution is -2.25. The third-order valence-electron chi connectivity index (χ3n) is 3.04. The average molecular weight is 301 g/mol. The number of rotatable bonds is 4. The number of carbonyl (C=O) groups excluding carboxylic acids is 1. The van der Waals surface area contributed by atoms with Crippen molar-refractivity contribution >= 4 is 5.91 Å². The lowest BCUT2D eigenvalue weighted by molar-refractivity contribution is 0.0946. The van der Waals surface area contributed by atoms with Crippen molar-refractivity contribution < 1.29 is 4.79 Å². The van der Waals surface area contributed by atoms with Gasteiger partial charge in [-0.05, 0) is 44.5 Å². The van der Waals surface area contributed by atoms with Crippen molar-refractivity contribution in [3.63, 3.8) is 0 Å². The van der Waals surface area contributed by atoms with Crippen molar-refractivity contribution in [1.82, 2.24) is 14.9 Å². The third-order valence-corrected chi connectivity index (χ3v) is 3.04. The fraction of sp³-hybridized carbons (Fsp3) is 0.444. The molecule has 2 aromatic heterocycles. The van der Waals surface area contributed by atoms with Gasteiger partial charge in [-0.1, -0.05) is 20.3 Å². The first kappa shape index (κ1) is 18.0. The largest absolute Gasteiger partial charge is 0.351 e. The van der Waals surface area contributed by atoms with E-state index in [1.165, 1.54) is 6.42 Å². The van der Waals surface area contributed by atoms with E-state index in [1.807, 2.05) is 49.7 Å². The van der Waals surface area contributed by atoms with Gasteiger partial charge >= 0.3 is 0 Å². The van der Waals surface area contributed by atoms with Crippen molar-refractivity contribution in [3.05, 3.63) is 42.0 Å². The fourth-order valence-electron chi connectivity index (χ4n) is 2.10. The van der Waals surface area contributed by atoms with Crippen LogP contribution in [0.2, 0.25) is 0 Å². The number of amides is 1. The van der Waals surface area contributed by atoms with Gasteiger partial charge in [0.15, 0.2) is 0 Å². The number of nitrogens with one attached hydrogen (secondary N) is 1. The summed E-state index contributed by atoms with van der Waals surface area (Å²) in [5.41, 5.74) is 3.81. The highest BCUT2D eigenvalue weighted by atomic mass is 16.1. The van der Waals surface area contributed by atoms with Crippen molar-refractivity contribution in [1.29, 1.82) is 0 Å². The SMILES string of the molecule is CCC.CCNC(=O)c1cc(-c2ccnc(C)c2)cn1CC. The molecule has 0 aliphatic rings. The van der Waals surface area contributed by atoms with E-state index in [9.17, 15) is 4.79 Å². The van der Waals surface area contributed by atoms with Crippen LogP contribution in [0.15, 0.2) is 30.6 Å². The minimum atomic E-state index is -0.0265. The first-order valence-electron chi connectivity index (χ1n) is 7.98. The molecule has 0 radical (unpaired) electrons. The Bertz CT molecular complexity index is 602. The molecular formula is C18H27N3O. The van der Waals surface area contributed by atoms with Gasteiger partial charge in [-0.3, -0.25) is 9.78 Å². The maximum atomic E-state index is 12.0. The molecule has 0 aliphatic heterocycles. The summed E-state index contributed by atoms with van der Waals surface area (Å²) >= 11 is 0. The van der Waals surface area contributed by atoms with E-state index >= 15 is 0 Å². The third kappa shape index (κ3) is 4.72. The molecule has 22 heavy (non-hydrogen) atoms. The minimum absolute atomic E-state index is 0.0265. The van der Waals surface area contributed by atoms with Crippen LogP contribution in [0.1, 0.15) is 50.3 Å². The second-order valence-electron chi connectivity index (χ2n) is 5.15. The molecule has 2 aromatic rings. The Morgan fingerprint density at radius 1 is 1.18 bits per heavy atom. The standard InChI is InChI=1S/C15H19N3O.C3H8/c1-4-16-15(19)14-9-13(10-18(14)5-2)12-6-7-17-11(3)8-12;1-3-2/h6-10H,4-5H2,1-3H3,(H,16,19);3H2,1-2H3. The Kier molecular flexibility index (Phi) is 7.37. The Morgan fingerprint density at radius 2 is 1.86 bits per heavy atom. The normalized spacial score (nSPS) is 9.86. The highest BCUT2D eigenvalue weighted by Gasteiger charge is 2.13. The summed E-state index contributed by atoms with van der Waals surface area (Å²) < 4.78 is 1.97. The van der Waals surface area contributed by atoms with Crippen LogP contribution in [0.5, 0.6) is 0 Å². The molecular weight excluding hydrogens is 274 g/mol. The number of hydrogen-bond donors (Lipinski definition) is 1. The smallest absolute Gasteiger partial charge is 0.267 e. The summed E-state index contributed by atoms with van der Waals surface area (Å²) in [6.07, 6.45) is 5.05. The molecule has 4 nitrogen and oxygen atoms in total. The van der Waals surface area contributed by atoms with Gasteiger partial charge in [0.25, 0.3) is 5.91 Å². The van der Waals surface area contributed by atoms with E-state index in [0.29, 0.717) is 12.2 Å². The number of nitrogens with zero attached hydrogens (tertiary/aromatic N) is 2. The molecule has 0 aromatic carbocycles. The van der Waals surface area contributed by atoms with Crippen LogP contribution in [-0.2, 0) is 6.54 Å². The highest BCUT2D eigenvalue weighted by molar-refractivity contribution is 5.94. The Morgan fingerprint density at radius 3 is 2.41 bits per heavy atom. The van der Waals surface area contributed by atoms with Gasteiger partial charge in [-0.15, -0.1) is 0 Å². The number of hydrogen-bond acceptors (Lipinski definition) is 2. The van der Waals surface area contributed by atoms with E-state index in [-0.39, 0.29) is 5.91 Å². The topological polar surface area (TPSA) is 46.9 Å². The van der Waals surface area contributed by atoms with Crippen LogP contribution < -0.4 is 5.32 Å². The maximum Gasteiger partial charge on any atom is 0.267 e. The van der Waals surface area contributed by atoms with Gasteiger partial charge in [0.05, 0.1) is 0 Å². The van der Waals surface area contributed by atoms with Gasteiger partial charge in [-0.2, -0.15) is 0 Å². The summed E-state index contributed by atoms with van der Waals surface area (Å²) in [5, 5.41) is 2.84. The van der Waals surface area contributed by atoms with Crippen LogP contribution in [0.3, 0.4) is 0 Å². The van der Waals surface area contributed by atoms with Crippen molar-refractivity contribution in [2.75, 3.05) is 6.54 Å². The zero-order valence-corrected chi connectivity index (χ0v) is 14.3. The first-order valence-corrected chi connectivity index (χ1v) is 7.98. The second-order valence-corrected chi connectivity index (χ2v) is 5.15. The zero-order valence-electron chi connectivity index (χ0n) is 14.3. The summed E-state index contributed by atoms with van der Waals surface area (Å²) in [4.78, 5) is 16.2. The highest BCUT2D eigenvalue weighted by Crippen LogP contribution is 2.22. The Labute approximate surface area is 133 Å². The Balaban J connectivity index is 0.000000745. The van der Waals surface area contributed by atoms with Gasteiger partial charge < -0.3 is 9.88 Å². The lowest BCUT2D eigenvalue weighted by atomic mass is 10.1. The van der Waals surface area contributed by atoms with E-state index in [1.54, 1.807) is 6.20 Å². The molecule has 0 bridgehead atoms. The lowest BCUT2D eigenvalue weighted by Gasteiger charge is -2.05. The van der Waals surface area contributed by atoms with E-state index in [4.69, 9.17) is 0 Å². The van der Waals surface area contributed by atoms with Crippen LogP contribution >= 0.6 is 0 Å². The molecule has 1 amide bonds. The molecule has 4 heteroatoms. The monoisotopic (exact) mass is 301 g/mol. The first-order chi connectivity index (χ1) is 10.6. The molecule has 1 N–H and O–H groups in total. The van der Waals surface area contributed by atoms with Crippen molar-refractivity contribution in [2.24, 2.45) is 0 Å². The molecule has 0 unspecified atom stereocenters. The second kappa shape index (κ2) is 9.03. The predicted molar refractivity (Wildman–Crippen MR) is 92.0 cm³/mol. The van der Waals surface area contributed by atoms with Crippen LogP contribution in [0.25, 0.3) is 11.1 Å². The fourth-order valence-corrected chi connectivity index (χ4v) is 2.10. The molecule has 0 saturated carbocycles. The van der Waals surface area contributed by atoms with Crippen molar-refractivity contribution in [3.8, 4) is 11.1 Å². The van der Waals surface area contributed by atoms with Gasteiger partial charge in [0.2, 0.25) is 0 Å². The maximum absolute atomic E-state index is 12.0. The quantitative estimate of drug-likeness (QED) is 0.926. The summed E-state index contributed by atoms with van der Waals surface area (Å²) in [7, 11) is 0. The van der Waals surface area contributed by atoms with E-state index in [0.717, 1.165) is 23.4 Å². The zero-order chi connectivity index (χ0) is 16.5. The van der Waals surface area contributed by atoms with E-state index < -0.39 is 0 Å². The Hall–Kier alpha value is -2.10. The number of carbonyl (C=O) groups is 1. The number of aromatic nitrogens is 2. The summed E-state index contributed by atoms with van der Waals surface area (Å²) in [6.45, 7) is 11.6. The molecule has 2 heterocycles. The van der Waals surface area contributed by atoms with E-state index in [2.05, 4.69) is 24.1 Å². The molecule has 0 aliphatic carbocycles. The minimum Gasteiger partial charge on any atom is -0.351 e. The van der Waals surface area contributed by atoms with Crippen LogP contribution in [-0.4, -0.2) is 22.0 Å². The average Bonchev–Trinajstić information content (AvgIpc) is 2.93. The number of pyridine rings is 1. The van der Waals surface area contributed by atoms with Crippen molar-refractivity contribution in [2.45, 2.75) is 47.6 Å². The predicted octanol–water partition coefficient (Wildman–Crippen LogP) is 4.04. The molecule has 0 fully saturated rings. The molecule has 0 spiro atoms. The van der Waals surface area contributed by atoms with Gasteiger partial charge in [0.1, 0.15) is 5.69 Å². The van der Waals surface area contributed by atoms with Crippen LogP contribution in [0, 0.1) is 6.92 Å². The molecule has 120 valence electrons.